The highest BCUT2D eigenvalue weighted by Gasteiger charge is 2.29. The Kier molecular flexibility index (Phi) is 5.42. The second-order valence-electron chi connectivity index (χ2n) is 9.01. The molecule has 0 aliphatic heterocycles. The van der Waals surface area contributed by atoms with Gasteiger partial charge in [-0.05, 0) is 67.1 Å². The van der Waals surface area contributed by atoms with Gasteiger partial charge in [0.1, 0.15) is 17.5 Å². The molecule has 0 bridgehead atoms. The summed E-state index contributed by atoms with van der Waals surface area (Å²) in [4.78, 5) is 13.4. The summed E-state index contributed by atoms with van der Waals surface area (Å²) < 4.78 is 44.9. The highest BCUT2D eigenvalue weighted by Crippen LogP contribution is 2.36. The average molecular weight is 464 g/mol. The van der Waals surface area contributed by atoms with E-state index in [9.17, 15) is 18.0 Å². The summed E-state index contributed by atoms with van der Waals surface area (Å²) in [6, 6.07) is 11.7. The van der Waals surface area contributed by atoms with Gasteiger partial charge in [0.15, 0.2) is 0 Å². The van der Waals surface area contributed by atoms with Crippen molar-refractivity contribution in [1.29, 1.82) is 0 Å². The van der Waals surface area contributed by atoms with Crippen molar-refractivity contribution in [2.45, 2.75) is 45.6 Å². The van der Waals surface area contributed by atoms with E-state index >= 15 is 0 Å². The van der Waals surface area contributed by atoms with Gasteiger partial charge in [-0.25, -0.2) is 17.7 Å². The van der Waals surface area contributed by atoms with Crippen LogP contribution in [0, 0.1) is 24.4 Å². The molecule has 4 aromatic rings. The van der Waals surface area contributed by atoms with Crippen molar-refractivity contribution in [3.8, 4) is 11.1 Å². The minimum Gasteiger partial charge on any atom is -0.345 e. The van der Waals surface area contributed by atoms with Gasteiger partial charge in [0.2, 0.25) is 0 Å². The Labute approximate surface area is 195 Å². The van der Waals surface area contributed by atoms with Gasteiger partial charge in [0.25, 0.3) is 5.91 Å². The fourth-order valence-corrected chi connectivity index (χ4v) is 5.03. The van der Waals surface area contributed by atoms with E-state index in [0.29, 0.717) is 46.4 Å². The Bertz CT molecular complexity index is 1420. The van der Waals surface area contributed by atoms with Crippen molar-refractivity contribution < 1.29 is 18.0 Å². The number of nitrogens with one attached hydrogen (secondary N) is 1. The van der Waals surface area contributed by atoms with Crippen LogP contribution in [0.2, 0.25) is 0 Å². The summed E-state index contributed by atoms with van der Waals surface area (Å²) in [5.41, 5.74) is 3.73. The van der Waals surface area contributed by atoms with Crippen LogP contribution in [0.15, 0.2) is 48.5 Å². The van der Waals surface area contributed by atoms with E-state index in [0.717, 1.165) is 5.56 Å². The van der Waals surface area contributed by atoms with Gasteiger partial charge in [0.05, 0.1) is 34.1 Å². The summed E-state index contributed by atoms with van der Waals surface area (Å²) in [5, 5.41) is 7.61. The number of hydrogen-bond acceptors (Lipinski definition) is 2. The largest absolute Gasteiger partial charge is 0.345 e. The first-order valence-corrected chi connectivity index (χ1v) is 11.3. The maximum absolute atomic E-state index is 14.6. The lowest BCUT2D eigenvalue weighted by molar-refractivity contribution is 0.0934. The summed E-state index contributed by atoms with van der Waals surface area (Å²) in [6.07, 6.45) is 1.19. The average Bonchev–Trinajstić information content (AvgIpc) is 3.34. The van der Waals surface area contributed by atoms with Gasteiger partial charge < -0.3 is 5.32 Å². The maximum atomic E-state index is 14.6. The zero-order chi connectivity index (χ0) is 24.1. The number of nitrogens with zero attached hydrogens (tertiary/aromatic N) is 2. The quantitative estimate of drug-likeness (QED) is 0.388. The molecule has 1 aliphatic carbocycles. The number of rotatable bonds is 4. The third kappa shape index (κ3) is 3.47. The normalized spacial score (nSPS) is 15.2. The summed E-state index contributed by atoms with van der Waals surface area (Å²) in [6.45, 7) is 5.57. The van der Waals surface area contributed by atoms with Crippen molar-refractivity contribution in [3.05, 3.63) is 94.1 Å². The lowest BCUT2D eigenvalue weighted by Gasteiger charge is -2.18. The van der Waals surface area contributed by atoms with Gasteiger partial charge in [-0.1, -0.05) is 32.0 Å². The van der Waals surface area contributed by atoms with Gasteiger partial charge in [-0.15, -0.1) is 0 Å². The maximum Gasteiger partial charge on any atom is 0.253 e. The van der Waals surface area contributed by atoms with Crippen LogP contribution in [0.4, 0.5) is 13.2 Å². The number of benzene rings is 2. The van der Waals surface area contributed by atoms with Crippen molar-refractivity contribution in [3.63, 3.8) is 0 Å². The molecule has 5 rings (SSSR count). The molecular formula is C27H24F3N3O. The number of amides is 1. The molecule has 7 heteroatoms. The summed E-state index contributed by atoms with van der Waals surface area (Å²) in [7, 11) is 0. The molecular weight excluding hydrogens is 439 g/mol. The Balaban J connectivity index is 1.59. The molecule has 2 heterocycles. The molecule has 1 amide bonds. The molecule has 0 fully saturated rings. The molecule has 0 spiro atoms. The number of carbonyl (C=O) groups excluding carboxylic acids is 1. The van der Waals surface area contributed by atoms with Crippen LogP contribution in [-0.4, -0.2) is 15.5 Å². The molecule has 0 radical (unpaired) electrons. The molecule has 1 unspecified atom stereocenters. The molecule has 4 nitrogen and oxygen atoms in total. The van der Waals surface area contributed by atoms with E-state index in [1.807, 2.05) is 19.9 Å². The molecule has 2 aromatic heterocycles. The molecule has 0 saturated heterocycles. The van der Waals surface area contributed by atoms with Gasteiger partial charge in [-0.2, -0.15) is 5.10 Å². The van der Waals surface area contributed by atoms with Crippen LogP contribution in [0.1, 0.15) is 65.1 Å². The highest BCUT2D eigenvalue weighted by molar-refractivity contribution is 5.97. The number of halogens is 3. The third-order valence-corrected chi connectivity index (χ3v) is 6.53. The third-order valence-electron chi connectivity index (χ3n) is 6.53. The van der Waals surface area contributed by atoms with Crippen LogP contribution in [0.3, 0.4) is 0 Å². The monoisotopic (exact) mass is 463 g/mol. The number of aryl methyl sites for hydroxylation is 1. The van der Waals surface area contributed by atoms with E-state index in [2.05, 4.69) is 10.4 Å². The second kappa shape index (κ2) is 8.31. The fourth-order valence-electron chi connectivity index (χ4n) is 5.03. The van der Waals surface area contributed by atoms with E-state index in [1.54, 1.807) is 29.6 Å². The number of hydrogen-bond donors (Lipinski definition) is 1. The topological polar surface area (TPSA) is 46.4 Å². The van der Waals surface area contributed by atoms with Crippen molar-refractivity contribution in [2.75, 3.05) is 0 Å². The first-order chi connectivity index (χ1) is 16.3. The first-order valence-electron chi connectivity index (χ1n) is 11.3. The van der Waals surface area contributed by atoms with Crippen molar-refractivity contribution in [1.82, 2.24) is 14.9 Å². The van der Waals surface area contributed by atoms with E-state index < -0.39 is 11.6 Å². The Morgan fingerprint density at radius 1 is 1.00 bits per heavy atom. The molecule has 174 valence electrons. The lowest BCUT2D eigenvalue weighted by atomic mass is 9.99. The molecule has 1 N–H and O–H groups in total. The molecule has 2 aromatic carbocycles. The predicted molar refractivity (Wildman–Crippen MR) is 124 cm³/mol. The number of fused-ring (bicyclic) bond motifs is 2. The van der Waals surface area contributed by atoms with E-state index in [1.165, 1.54) is 24.3 Å². The number of aromatic nitrogens is 2. The zero-order valence-corrected chi connectivity index (χ0v) is 19.1. The SMILES string of the molecule is Cc1nn2c(C(C)C)c(C(=O)NC3CCc4c(F)cccc43)ccc2c1-c1c(F)cccc1F. The second-order valence-corrected chi connectivity index (χ2v) is 9.01. The van der Waals surface area contributed by atoms with E-state index in [4.69, 9.17) is 0 Å². The summed E-state index contributed by atoms with van der Waals surface area (Å²) >= 11 is 0. The van der Waals surface area contributed by atoms with Gasteiger partial charge in [0, 0.05) is 5.56 Å². The smallest absolute Gasteiger partial charge is 0.253 e. The molecule has 0 saturated carbocycles. The molecule has 1 aliphatic rings. The van der Waals surface area contributed by atoms with Crippen LogP contribution < -0.4 is 5.32 Å². The standard InChI is InChI=1S/C27H24F3N3O/c1-14(2)26-18(27(34)31-22-12-10-16-17(22)6-4-7-19(16)28)11-13-23-24(15(3)32-33(23)26)25-20(29)8-5-9-21(25)30/h4-9,11,13-14,22H,10,12H2,1-3H3,(H,31,34). The lowest BCUT2D eigenvalue weighted by Crippen LogP contribution is -2.29. The highest BCUT2D eigenvalue weighted by atomic mass is 19.1. The van der Waals surface area contributed by atoms with Crippen LogP contribution >= 0.6 is 0 Å². The minimum atomic E-state index is -0.668. The predicted octanol–water partition coefficient (Wildman–Crippen LogP) is 6.27. The fraction of sp³-hybridized carbons (Fsp3) is 0.259. The van der Waals surface area contributed by atoms with Crippen LogP contribution in [0.25, 0.3) is 16.6 Å². The first kappa shape index (κ1) is 22.2. The van der Waals surface area contributed by atoms with Gasteiger partial charge >= 0.3 is 0 Å². The number of pyridine rings is 1. The van der Waals surface area contributed by atoms with Gasteiger partial charge in [-0.3, -0.25) is 4.79 Å². The molecule has 1 atom stereocenters. The number of carbonyl (C=O) groups is 1. The Morgan fingerprint density at radius 2 is 1.68 bits per heavy atom. The Morgan fingerprint density at radius 3 is 2.38 bits per heavy atom. The van der Waals surface area contributed by atoms with Crippen LogP contribution in [0.5, 0.6) is 0 Å². The minimum absolute atomic E-state index is 0.102. The Hall–Kier alpha value is -3.61. The van der Waals surface area contributed by atoms with Crippen molar-refractivity contribution in [2.24, 2.45) is 0 Å². The molecule has 34 heavy (non-hydrogen) atoms. The van der Waals surface area contributed by atoms with Crippen LogP contribution in [-0.2, 0) is 6.42 Å². The zero-order valence-electron chi connectivity index (χ0n) is 19.1. The summed E-state index contributed by atoms with van der Waals surface area (Å²) in [5.74, 6) is -1.98. The van der Waals surface area contributed by atoms with Crippen molar-refractivity contribution >= 4 is 11.4 Å². The van der Waals surface area contributed by atoms with E-state index in [-0.39, 0.29) is 29.2 Å².